The predicted octanol–water partition coefficient (Wildman–Crippen LogP) is 2.66. The third kappa shape index (κ3) is 3.21. The molecule has 4 heteroatoms. The fourth-order valence-corrected chi connectivity index (χ4v) is 2.27. The van der Waals surface area contributed by atoms with Crippen molar-refractivity contribution in [2.75, 3.05) is 20.3 Å². The molecule has 0 aromatic heterocycles. The van der Waals surface area contributed by atoms with Gasteiger partial charge >= 0.3 is 0 Å². The molecule has 1 aromatic carbocycles. The van der Waals surface area contributed by atoms with Crippen molar-refractivity contribution in [3.8, 4) is 5.75 Å². The summed E-state index contributed by atoms with van der Waals surface area (Å²) in [5.74, 6) is 0.473. The van der Waals surface area contributed by atoms with E-state index in [1.54, 1.807) is 13.2 Å². The molecule has 0 bridgehead atoms. The number of halogens is 1. The van der Waals surface area contributed by atoms with Crippen molar-refractivity contribution in [1.82, 2.24) is 5.32 Å². The van der Waals surface area contributed by atoms with Crippen molar-refractivity contribution >= 4 is 0 Å². The summed E-state index contributed by atoms with van der Waals surface area (Å²) < 4.78 is 24.1. The summed E-state index contributed by atoms with van der Waals surface area (Å²) in [6.45, 7) is 3.65. The Morgan fingerprint density at radius 1 is 1.56 bits per heavy atom. The molecular formula is C14H20FNO2. The van der Waals surface area contributed by atoms with Gasteiger partial charge in [-0.2, -0.15) is 0 Å². The number of hydrogen-bond acceptors (Lipinski definition) is 3. The van der Waals surface area contributed by atoms with Gasteiger partial charge in [0.05, 0.1) is 13.2 Å². The lowest BCUT2D eigenvalue weighted by molar-refractivity contribution is 0.108. The third-order valence-corrected chi connectivity index (χ3v) is 3.33. The second-order valence-corrected chi connectivity index (χ2v) is 4.65. The molecule has 2 rings (SSSR count). The van der Waals surface area contributed by atoms with Crippen molar-refractivity contribution in [2.45, 2.75) is 31.9 Å². The normalized spacial score (nSPS) is 20.9. The number of rotatable bonds is 5. The molecule has 0 aliphatic carbocycles. The Labute approximate surface area is 107 Å². The summed E-state index contributed by atoms with van der Waals surface area (Å²) >= 11 is 0. The summed E-state index contributed by atoms with van der Waals surface area (Å²) in [6, 6.07) is 4.63. The minimum atomic E-state index is -0.239. The first-order valence-electron chi connectivity index (χ1n) is 6.39. The lowest BCUT2D eigenvalue weighted by Gasteiger charge is -2.19. The van der Waals surface area contributed by atoms with E-state index in [1.807, 2.05) is 6.92 Å². The highest BCUT2D eigenvalue weighted by Crippen LogP contribution is 2.26. The van der Waals surface area contributed by atoms with Crippen LogP contribution in [0.15, 0.2) is 18.2 Å². The number of nitrogens with one attached hydrogen (secondary N) is 1. The van der Waals surface area contributed by atoms with Gasteiger partial charge in [0, 0.05) is 24.8 Å². The Morgan fingerprint density at radius 3 is 3.06 bits per heavy atom. The van der Waals surface area contributed by atoms with E-state index in [1.165, 1.54) is 12.1 Å². The van der Waals surface area contributed by atoms with Crippen LogP contribution in [0.1, 0.15) is 31.4 Å². The molecule has 0 amide bonds. The van der Waals surface area contributed by atoms with Crippen LogP contribution in [0.3, 0.4) is 0 Å². The lowest BCUT2D eigenvalue weighted by Crippen LogP contribution is -2.28. The van der Waals surface area contributed by atoms with Crippen LogP contribution >= 0.6 is 0 Å². The Balaban J connectivity index is 1.98. The van der Waals surface area contributed by atoms with Crippen molar-refractivity contribution in [2.24, 2.45) is 0 Å². The van der Waals surface area contributed by atoms with Crippen LogP contribution in [0, 0.1) is 5.82 Å². The summed E-state index contributed by atoms with van der Waals surface area (Å²) in [6.07, 6.45) is 2.51. The first-order chi connectivity index (χ1) is 8.70. The van der Waals surface area contributed by atoms with Gasteiger partial charge in [0.25, 0.3) is 0 Å². The highest BCUT2D eigenvalue weighted by molar-refractivity contribution is 5.36. The van der Waals surface area contributed by atoms with Gasteiger partial charge in [0.2, 0.25) is 0 Å². The maximum absolute atomic E-state index is 13.3. The van der Waals surface area contributed by atoms with Crippen LogP contribution in [0.25, 0.3) is 0 Å². The van der Waals surface area contributed by atoms with Crippen LogP contribution in [0.2, 0.25) is 0 Å². The van der Waals surface area contributed by atoms with Gasteiger partial charge in [-0.1, -0.05) is 0 Å². The molecule has 18 heavy (non-hydrogen) atoms. The van der Waals surface area contributed by atoms with E-state index >= 15 is 0 Å². The number of benzene rings is 1. The molecule has 0 saturated carbocycles. The minimum Gasteiger partial charge on any atom is -0.496 e. The number of hydrogen-bond donors (Lipinski definition) is 1. The SMILES string of the molecule is COc1ccc(F)cc1C(C)NCC1CCCO1. The van der Waals surface area contributed by atoms with Crippen LogP contribution in [-0.4, -0.2) is 26.4 Å². The zero-order chi connectivity index (χ0) is 13.0. The van der Waals surface area contributed by atoms with Gasteiger partial charge in [0.1, 0.15) is 11.6 Å². The van der Waals surface area contributed by atoms with Gasteiger partial charge in [-0.05, 0) is 38.0 Å². The maximum Gasteiger partial charge on any atom is 0.123 e. The fourth-order valence-electron chi connectivity index (χ4n) is 2.27. The van der Waals surface area contributed by atoms with Crippen LogP contribution < -0.4 is 10.1 Å². The third-order valence-electron chi connectivity index (χ3n) is 3.33. The van der Waals surface area contributed by atoms with E-state index in [2.05, 4.69) is 5.32 Å². The lowest BCUT2D eigenvalue weighted by atomic mass is 10.1. The summed E-state index contributed by atoms with van der Waals surface area (Å²) in [5.41, 5.74) is 0.843. The molecule has 2 atom stereocenters. The highest BCUT2D eigenvalue weighted by atomic mass is 19.1. The van der Waals surface area contributed by atoms with E-state index in [0.29, 0.717) is 5.75 Å². The predicted molar refractivity (Wildman–Crippen MR) is 68.3 cm³/mol. The maximum atomic E-state index is 13.3. The van der Waals surface area contributed by atoms with Gasteiger partial charge in [-0.25, -0.2) is 4.39 Å². The average molecular weight is 253 g/mol. The van der Waals surface area contributed by atoms with Gasteiger partial charge in [0.15, 0.2) is 0 Å². The van der Waals surface area contributed by atoms with E-state index < -0.39 is 0 Å². The molecule has 1 aliphatic rings. The number of ether oxygens (including phenoxy) is 2. The van der Waals surface area contributed by atoms with E-state index in [9.17, 15) is 4.39 Å². The molecule has 1 N–H and O–H groups in total. The first kappa shape index (κ1) is 13.3. The monoisotopic (exact) mass is 253 g/mol. The summed E-state index contributed by atoms with van der Waals surface area (Å²) in [7, 11) is 1.60. The molecule has 0 radical (unpaired) electrons. The standard InChI is InChI=1S/C14H20FNO2/c1-10(16-9-12-4-3-7-18-12)13-8-11(15)5-6-14(13)17-2/h5-6,8,10,12,16H,3-4,7,9H2,1-2H3. The molecule has 1 saturated heterocycles. The fraction of sp³-hybridized carbons (Fsp3) is 0.571. The molecule has 100 valence electrons. The topological polar surface area (TPSA) is 30.5 Å². The zero-order valence-electron chi connectivity index (χ0n) is 10.9. The van der Waals surface area contributed by atoms with Crippen molar-refractivity contribution < 1.29 is 13.9 Å². The average Bonchev–Trinajstić information content (AvgIpc) is 2.89. The molecule has 2 unspecified atom stereocenters. The Hall–Kier alpha value is -1.13. The van der Waals surface area contributed by atoms with Crippen molar-refractivity contribution in [1.29, 1.82) is 0 Å². The van der Waals surface area contributed by atoms with Crippen molar-refractivity contribution in [3.63, 3.8) is 0 Å². The Bertz CT molecular complexity index is 391. The quantitative estimate of drug-likeness (QED) is 0.875. The summed E-state index contributed by atoms with van der Waals surface area (Å²) in [4.78, 5) is 0. The molecule has 1 heterocycles. The second kappa shape index (κ2) is 6.16. The summed E-state index contributed by atoms with van der Waals surface area (Å²) in [5, 5.41) is 3.37. The second-order valence-electron chi connectivity index (χ2n) is 4.65. The molecule has 0 spiro atoms. The highest BCUT2D eigenvalue weighted by Gasteiger charge is 2.18. The largest absolute Gasteiger partial charge is 0.496 e. The number of methoxy groups -OCH3 is 1. The Morgan fingerprint density at radius 2 is 2.39 bits per heavy atom. The van der Waals surface area contributed by atoms with E-state index in [0.717, 1.165) is 31.6 Å². The van der Waals surface area contributed by atoms with E-state index in [-0.39, 0.29) is 18.0 Å². The smallest absolute Gasteiger partial charge is 0.123 e. The van der Waals surface area contributed by atoms with Crippen LogP contribution in [0.4, 0.5) is 4.39 Å². The van der Waals surface area contributed by atoms with Crippen molar-refractivity contribution in [3.05, 3.63) is 29.6 Å². The van der Waals surface area contributed by atoms with Crippen LogP contribution in [0.5, 0.6) is 5.75 Å². The van der Waals surface area contributed by atoms with Gasteiger partial charge in [-0.15, -0.1) is 0 Å². The molecule has 3 nitrogen and oxygen atoms in total. The first-order valence-corrected chi connectivity index (χ1v) is 6.39. The van der Waals surface area contributed by atoms with Gasteiger partial charge in [-0.3, -0.25) is 0 Å². The molecule has 1 aromatic rings. The Kier molecular flexibility index (Phi) is 4.55. The zero-order valence-corrected chi connectivity index (χ0v) is 10.9. The molecule has 1 fully saturated rings. The van der Waals surface area contributed by atoms with Gasteiger partial charge < -0.3 is 14.8 Å². The minimum absolute atomic E-state index is 0.0415. The van der Waals surface area contributed by atoms with E-state index in [4.69, 9.17) is 9.47 Å². The molecule has 1 aliphatic heterocycles. The molecular weight excluding hydrogens is 233 g/mol. The van der Waals surface area contributed by atoms with Crippen LogP contribution in [-0.2, 0) is 4.74 Å².